The van der Waals surface area contributed by atoms with Gasteiger partial charge >= 0.3 is 6.18 Å². The summed E-state index contributed by atoms with van der Waals surface area (Å²) in [4.78, 5) is 0. The van der Waals surface area contributed by atoms with Gasteiger partial charge in [0.15, 0.2) is 0 Å². The number of aromatic nitrogens is 2. The monoisotopic (exact) mass is 265 g/mol. The molecule has 1 aromatic heterocycles. The minimum atomic E-state index is -4.34. The Kier molecular flexibility index (Phi) is 4.18. The fraction of sp³-hybridized carbons (Fsp3) is 0.800. The van der Waals surface area contributed by atoms with Crippen molar-refractivity contribution in [1.29, 1.82) is 0 Å². The van der Waals surface area contributed by atoms with E-state index in [9.17, 15) is 13.2 Å². The van der Waals surface area contributed by atoms with E-state index in [1.165, 1.54) is 12.8 Å². The zero-order chi connectivity index (χ0) is 13.0. The highest BCUT2D eigenvalue weighted by Gasteiger charge is 2.27. The Morgan fingerprint density at radius 3 is 2.67 bits per heavy atom. The molecule has 0 amide bonds. The Balaban J connectivity index is 1.65. The molecule has 0 aromatic carbocycles. The second-order valence-corrected chi connectivity index (χ2v) is 4.18. The Labute approximate surface area is 102 Å². The van der Waals surface area contributed by atoms with Crippen molar-refractivity contribution in [1.82, 2.24) is 15.5 Å². The van der Waals surface area contributed by atoms with Crippen molar-refractivity contribution in [3.05, 3.63) is 11.8 Å². The highest BCUT2D eigenvalue weighted by molar-refractivity contribution is 4.85. The second kappa shape index (κ2) is 5.66. The molecule has 1 fully saturated rings. The van der Waals surface area contributed by atoms with Crippen molar-refractivity contribution in [3.8, 4) is 0 Å². The first-order chi connectivity index (χ1) is 8.53. The van der Waals surface area contributed by atoms with Gasteiger partial charge in [0.2, 0.25) is 11.8 Å². The summed E-state index contributed by atoms with van der Waals surface area (Å²) in [5.41, 5.74) is 0. The van der Waals surface area contributed by atoms with E-state index in [2.05, 4.69) is 20.3 Å². The number of alkyl halides is 3. The molecule has 0 bridgehead atoms. The zero-order valence-electron chi connectivity index (χ0n) is 9.66. The summed E-state index contributed by atoms with van der Waals surface area (Å²) in [6.45, 7) is -0.897. The molecule has 1 N–H and O–H groups in total. The first-order valence-corrected chi connectivity index (χ1v) is 5.72. The van der Waals surface area contributed by atoms with Gasteiger partial charge in [-0.05, 0) is 12.8 Å². The van der Waals surface area contributed by atoms with Gasteiger partial charge in [-0.3, -0.25) is 0 Å². The molecule has 1 saturated carbocycles. The van der Waals surface area contributed by atoms with Gasteiger partial charge < -0.3 is 14.5 Å². The van der Waals surface area contributed by atoms with Crippen LogP contribution in [0.5, 0.6) is 0 Å². The lowest BCUT2D eigenvalue weighted by Crippen LogP contribution is -2.19. The maximum atomic E-state index is 11.8. The molecule has 102 valence electrons. The average Bonchev–Trinajstić information content (AvgIpc) is 2.97. The van der Waals surface area contributed by atoms with Gasteiger partial charge in [-0.25, -0.2) is 0 Å². The van der Waals surface area contributed by atoms with E-state index < -0.39 is 12.8 Å². The molecular weight excluding hydrogens is 251 g/mol. The third-order valence-corrected chi connectivity index (χ3v) is 2.35. The number of rotatable bonds is 7. The van der Waals surface area contributed by atoms with Crippen molar-refractivity contribution >= 4 is 0 Å². The van der Waals surface area contributed by atoms with Crippen LogP contribution >= 0.6 is 0 Å². The molecule has 8 heteroatoms. The van der Waals surface area contributed by atoms with Gasteiger partial charge in [0.1, 0.15) is 13.2 Å². The Morgan fingerprint density at radius 2 is 2.00 bits per heavy atom. The van der Waals surface area contributed by atoms with E-state index in [0.717, 1.165) is 6.54 Å². The lowest BCUT2D eigenvalue weighted by Gasteiger charge is -2.04. The van der Waals surface area contributed by atoms with Gasteiger partial charge in [-0.1, -0.05) is 0 Å². The van der Waals surface area contributed by atoms with Crippen LogP contribution in [0.15, 0.2) is 4.42 Å². The average molecular weight is 265 g/mol. The Hall–Kier alpha value is -1.15. The van der Waals surface area contributed by atoms with Crippen LogP contribution in [0.2, 0.25) is 0 Å². The number of hydrogen-bond acceptors (Lipinski definition) is 5. The molecule has 0 spiro atoms. The zero-order valence-corrected chi connectivity index (χ0v) is 9.66. The van der Waals surface area contributed by atoms with Crippen molar-refractivity contribution in [2.24, 2.45) is 0 Å². The second-order valence-electron chi connectivity index (χ2n) is 4.18. The number of hydrogen-bond donors (Lipinski definition) is 1. The van der Waals surface area contributed by atoms with Crippen LogP contribution in [0.25, 0.3) is 0 Å². The van der Waals surface area contributed by atoms with E-state index >= 15 is 0 Å². The summed E-state index contributed by atoms with van der Waals surface area (Å²) in [6, 6.07) is 0.600. The third-order valence-electron chi connectivity index (χ3n) is 2.35. The maximum absolute atomic E-state index is 11.8. The van der Waals surface area contributed by atoms with Gasteiger partial charge in [-0.2, -0.15) is 13.2 Å². The van der Waals surface area contributed by atoms with E-state index in [1.54, 1.807) is 0 Å². The van der Waals surface area contributed by atoms with Crippen LogP contribution < -0.4 is 5.32 Å². The Bertz CT molecular complexity index is 377. The van der Waals surface area contributed by atoms with Crippen molar-refractivity contribution < 1.29 is 22.3 Å². The molecule has 18 heavy (non-hydrogen) atoms. The van der Waals surface area contributed by atoms with Crippen LogP contribution in [0.4, 0.5) is 13.2 Å². The van der Waals surface area contributed by atoms with E-state index in [0.29, 0.717) is 18.4 Å². The molecule has 0 saturated heterocycles. The van der Waals surface area contributed by atoms with Crippen molar-refractivity contribution in [2.45, 2.75) is 38.1 Å². The van der Waals surface area contributed by atoms with Gasteiger partial charge in [0.25, 0.3) is 0 Å². The molecule has 1 aromatic rings. The van der Waals surface area contributed by atoms with Crippen LogP contribution in [0, 0.1) is 0 Å². The minimum Gasteiger partial charge on any atom is -0.423 e. The highest BCUT2D eigenvalue weighted by atomic mass is 19.4. The summed E-state index contributed by atoms with van der Waals surface area (Å²) in [7, 11) is 0. The van der Waals surface area contributed by atoms with Gasteiger partial charge in [0.05, 0.1) is 0 Å². The lowest BCUT2D eigenvalue weighted by atomic mass is 10.4. The van der Waals surface area contributed by atoms with Crippen LogP contribution in [-0.2, 0) is 17.8 Å². The standard InChI is InChI=1S/C10H14F3N3O2/c11-10(12,13)6-17-5-9-16-15-8(18-9)3-4-14-7-1-2-7/h7,14H,1-6H2. The minimum absolute atomic E-state index is 0.0701. The third kappa shape index (κ3) is 5.01. The van der Waals surface area contributed by atoms with Crippen molar-refractivity contribution in [2.75, 3.05) is 13.2 Å². The predicted molar refractivity (Wildman–Crippen MR) is 54.7 cm³/mol. The topological polar surface area (TPSA) is 60.2 Å². The molecule has 0 unspecified atom stereocenters. The van der Waals surface area contributed by atoms with Crippen molar-refractivity contribution in [3.63, 3.8) is 0 Å². The number of nitrogens with one attached hydrogen (secondary N) is 1. The number of ether oxygens (including phenoxy) is 1. The summed E-state index contributed by atoms with van der Waals surface area (Å²) in [5.74, 6) is 0.481. The van der Waals surface area contributed by atoms with E-state index in [1.807, 2.05) is 0 Å². The first-order valence-electron chi connectivity index (χ1n) is 5.72. The van der Waals surface area contributed by atoms with Gasteiger partial charge in [0, 0.05) is 19.0 Å². The molecule has 1 aliphatic carbocycles. The van der Waals surface area contributed by atoms with Crippen LogP contribution in [0.1, 0.15) is 24.6 Å². The lowest BCUT2D eigenvalue weighted by molar-refractivity contribution is -0.177. The van der Waals surface area contributed by atoms with Gasteiger partial charge in [-0.15, -0.1) is 10.2 Å². The van der Waals surface area contributed by atoms with Crippen LogP contribution in [-0.4, -0.2) is 35.6 Å². The predicted octanol–water partition coefficient (Wildman–Crippen LogP) is 1.44. The molecule has 0 atom stereocenters. The fourth-order valence-electron chi connectivity index (χ4n) is 1.37. The number of nitrogens with zero attached hydrogens (tertiary/aromatic N) is 2. The molecule has 2 rings (SSSR count). The quantitative estimate of drug-likeness (QED) is 0.808. The molecular formula is C10H14F3N3O2. The largest absolute Gasteiger partial charge is 0.423 e. The number of halogens is 3. The SMILES string of the molecule is FC(F)(F)COCc1nnc(CCNC2CC2)o1. The normalized spacial score (nSPS) is 16.2. The Morgan fingerprint density at radius 1 is 1.28 bits per heavy atom. The summed E-state index contributed by atoms with van der Waals surface area (Å²) >= 11 is 0. The molecule has 1 aliphatic rings. The summed E-state index contributed by atoms with van der Waals surface area (Å²) < 4.78 is 45.0. The first kappa shape index (κ1) is 13.3. The molecule has 0 aliphatic heterocycles. The molecule has 1 heterocycles. The smallest absolute Gasteiger partial charge is 0.411 e. The van der Waals surface area contributed by atoms with E-state index in [4.69, 9.17) is 4.42 Å². The summed E-state index contributed by atoms with van der Waals surface area (Å²) in [6.07, 6.45) is -1.37. The summed E-state index contributed by atoms with van der Waals surface area (Å²) in [5, 5.41) is 10.6. The molecule has 5 nitrogen and oxygen atoms in total. The molecule has 0 radical (unpaired) electrons. The maximum Gasteiger partial charge on any atom is 0.411 e. The van der Waals surface area contributed by atoms with Crippen LogP contribution in [0.3, 0.4) is 0 Å². The fourth-order valence-corrected chi connectivity index (χ4v) is 1.37. The van der Waals surface area contributed by atoms with E-state index in [-0.39, 0.29) is 12.5 Å². The highest BCUT2D eigenvalue weighted by Crippen LogP contribution is 2.18.